The molecule has 110 valence electrons. The Kier molecular flexibility index (Phi) is 5.21. The summed E-state index contributed by atoms with van der Waals surface area (Å²) in [4.78, 5) is 0. The van der Waals surface area contributed by atoms with Crippen molar-refractivity contribution in [2.75, 3.05) is 0 Å². The van der Waals surface area contributed by atoms with Crippen LogP contribution in [0.1, 0.15) is 41.7 Å². The SMILES string of the molecule is C=C(NCc1ccc(CC)cc1CC)c1ccccc1C. The van der Waals surface area contributed by atoms with E-state index in [1.165, 1.54) is 27.8 Å². The van der Waals surface area contributed by atoms with Crippen LogP contribution in [0.5, 0.6) is 0 Å². The third-order valence-corrected chi connectivity index (χ3v) is 4.02. The maximum Gasteiger partial charge on any atom is 0.0403 e. The molecule has 0 aromatic heterocycles. The summed E-state index contributed by atoms with van der Waals surface area (Å²) in [6, 6.07) is 15.2. The Balaban J connectivity index is 2.10. The summed E-state index contributed by atoms with van der Waals surface area (Å²) in [5.41, 5.74) is 7.65. The monoisotopic (exact) mass is 279 g/mol. The minimum atomic E-state index is 0.834. The van der Waals surface area contributed by atoms with Crippen LogP contribution < -0.4 is 5.32 Å². The fraction of sp³-hybridized carbons (Fsp3) is 0.300. The van der Waals surface area contributed by atoms with E-state index >= 15 is 0 Å². The molecule has 2 aromatic rings. The topological polar surface area (TPSA) is 12.0 Å². The van der Waals surface area contributed by atoms with E-state index in [-0.39, 0.29) is 0 Å². The van der Waals surface area contributed by atoms with Crippen molar-refractivity contribution in [3.05, 3.63) is 76.9 Å². The van der Waals surface area contributed by atoms with Gasteiger partial charge in [-0.3, -0.25) is 0 Å². The van der Waals surface area contributed by atoms with Crippen molar-refractivity contribution in [3.63, 3.8) is 0 Å². The van der Waals surface area contributed by atoms with Gasteiger partial charge in [-0.2, -0.15) is 0 Å². The number of hydrogen-bond donors (Lipinski definition) is 1. The summed E-state index contributed by atoms with van der Waals surface area (Å²) in [7, 11) is 0. The third kappa shape index (κ3) is 3.75. The molecule has 1 nitrogen and oxygen atoms in total. The number of nitrogens with one attached hydrogen (secondary N) is 1. The molecule has 0 radical (unpaired) electrons. The first-order valence-electron chi connectivity index (χ1n) is 7.75. The van der Waals surface area contributed by atoms with E-state index in [1.807, 2.05) is 0 Å². The molecule has 0 spiro atoms. The molecule has 1 heteroatoms. The Hall–Kier alpha value is -2.02. The Morgan fingerprint density at radius 3 is 2.43 bits per heavy atom. The van der Waals surface area contributed by atoms with Crippen molar-refractivity contribution in [1.29, 1.82) is 0 Å². The van der Waals surface area contributed by atoms with E-state index in [0.717, 1.165) is 25.1 Å². The highest BCUT2D eigenvalue weighted by atomic mass is 14.9. The van der Waals surface area contributed by atoms with Gasteiger partial charge in [0.05, 0.1) is 0 Å². The molecule has 0 bridgehead atoms. The van der Waals surface area contributed by atoms with Gasteiger partial charge >= 0.3 is 0 Å². The number of rotatable bonds is 6. The van der Waals surface area contributed by atoms with Crippen molar-refractivity contribution in [1.82, 2.24) is 5.32 Å². The zero-order valence-electron chi connectivity index (χ0n) is 13.4. The van der Waals surface area contributed by atoms with Crippen LogP contribution in [0.2, 0.25) is 0 Å². The molecule has 2 rings (SSSR count). The first-order valence-corrected chi connectivity index (χ1v) is 7.75. The molecule has 0 saturated heterocycles. The zero-order chi connectivity index (χ0) is 15.2. The van der Waals surface area contributed by atoms with Crippen LogP contribution in [0.4, 0.5) is 0 Å². The van der Waals surface area contributed by atoms with Crippen molar-refractivity contribution in [2.24, 2.45) is 0 Å². The molecular formula is C20H25N. The summed E-state index contributed by atoms with van der Waals surface area (Å²) in [6.45, 7) is 11.6. The number of hydrogen-bond acceptors (Lipinski definition) is 1. The van der Waals surface area contributed by atoms with Crippen LogP contribution >= 0.6 is 0 Å². The molecule has 0 fully saturated rings. The molecule has 0 amide bonds. The maximum absolute atomic E-state index is 4.18. The zero-order valence-corrected chi connectivity index (χ0v) is 13.4. The van der Waals surface area contributed by atoms with Gasteiger partial charge in [0.2, 0.25) is 0 Å². The van der Waals surface area contributed by atoms with Crippen LogP contribution in [0.15, 0.2) is 49.0 Å². The molecule has 21 heavy (non-hydrogen) atoms. The maximum atomic E-state index is 4.18. The van der Waals surface area contributed by atoms with Gasteiger partial charge < -0.3 is 5.32 Å². The molecule has 1 N–H and O–H groups in total. The molecule has 0 saturated carbocycles. The summed E-state index contributed by atoms with van der Waals surface area (Å²) in [6.07, 6.45) is 2.17. The Morgan fingerprint density at radius 1 is 1.00 bits per heavy atom. The molecule has 0 aliphatic heterocycles. The Morgan fingerprint density at radius 2 is 1.76 bits per heavy atom. The van der Waals surface area contributed by atoms with Gasteiger partial charge in [-0.05, 0) is 47.6 Å². The number of aryl methyl sites for hydroxylation is 3. The quantitative estimate of drug-likeness (QED) is 0.794. The second kappa shape index (κ2) is 7.12. The third-order valence-electron chi connectivity index (χ3n) is 4.02. The molecular weight excluding hydrogens is 254 g/mol. The minimum Gasteiger partial charge on any atom is -0.381 e. The summed E-state index contributed by atoms with van der Waals surface area (Å²) in [5.74, 6) is 0. The summed E-state index contributed by atoms with van der Waals surface area (Å²) in [5, 5.41) is 3.47. The predicted octanol–water partition coefficient (Wildman–Crippen LogP) is 4.88. The highest BCUT2D eigenvalue weighted by Gasteiger charge is 2.05. The van der Waals surface area contributed by atoms with Gasteiger partial charge in [-0.15, -0.1) is 0 Å². The first-order chi connectivity index (χ1) is 10.2. The molecule has 0 heterocycles. The van der Waals surface area contributed by atoms with E-state index < -0.39 is 0 Å². The second-order valence-corrected chi connectivity index (χ2v) is 5.46. The van der Waals surface area contributed by atoms with E-state index in [0.29, 0.717) is 0 Å². The highest BCUT2D eigenvalue weighted by molar-refractivity contribution is 5.64. The summed E-state index contributed by atoms with van der Waals surface area (Å²) >= 11 is 0. The van der Waals surface area contributed by atoms with E-state index in [2.05, 4.69) is 75.1 Å². The van der Waals surface area contributed by atoms with Gasteiger partial charge in [0.1, 0.15) is 0 Å². The Labute approximate surface area is 128 Å². The highest BCUT2D eigenvalue weighted by Crippen LogP contribution is 2.17. The molecule has 0 aliphatic carbocycles. The van der Waals surface area contributed by atoms with Crippen LogP contribution in [-0.2, 0) is 19.4 Å². The van der Waals surface area contributed by atoms with E-state index in [1.54, 1.807) is 0 Å². The van der Waals surface area contributed by atoms with Crippen molar-refractivity contribution in [2.45, 2.75) is 40.2 Å². The van der Waals surface area contributed by atoms with Gasteiger partial charge in [0, 0.05) is 12.2 Å². The van der Waals surface area contributed by atoms with Crippen molar-refractivity contribution in [3.8, 4) is 0 Å². The second-order valence-electron chi connectivity index (χ2n) is 5.46. The standard InChI is InChI=1S/C20H25N/c1-5-17-11-12-19(18(6-2)13-17)14-21-16(4)20-10-8-7-9-15(20)3/h7-13,21H,4-6,14H2,1-3H3. The molecule has 0 unspecified atom stereocenters. The minimum absolute atomic E-state index is 0.834. The van der Waals surface area contributed by atoms with E-state index in [4.69, 9.17) is 0 Å². The lowest BCUT2D eigenvalue weighted by Crippen LogP contribution is -2.13. The van der Waals surface area contributed by atoms with Crippen LogP contribution in [0.25, 0.3) is 5.70 Å². The average Bonchev–Trinajstić information content (AvgIpc) is 2.52. The smallest absolute Gasteiger partial charge is 0.0403 e. The predicted molar refractivity (Wildman–Crippen MR) is 92.3 cm³/mol. The van der Waals surface area contributed by atoms with Crippen LogP contribution in [0, 0.1) is 6.92 Å². The van der Waals surface area contributed by atoms with Crippen molar-refractivity contribution < 1.29 is 0 Å². The Bertz CT molecular complexity index is 625. The molecule has 0 aliphatic rings. The lowest BCUT2D eigenvalue weighted by atomic mass is 10.00. The molecule has 2 aromatic carbocycles. The van der Waals surface area contributed by atoms with Gasteiger partial charge in [0.15, 0.2) is 0 Å². The van der Waals surface area contributed by atoms with E-state index in [9.17, 15) is 0 Å². The van der Waals surface area contributed by atoms with Gasteiger partial charge in [-0.25, -0.2) is 0 Å². The fourth-order valence-corrected chi connectivity index (χ4v) is 2.61. The lowest BCUT2D eigenvalue weighted by Gasteiger charge is -2.15. The molecule has 0 atom stereocenters. The van der Waals surface area contributed by atoms with Gasteiger partial charge in [0.25, 0.3) is 0 Å². The average molecular weight is 279 g/mol. The van der Waals surface area contributed by atoms with Crippen LogP contribution in [0.3, 0.4) is 0 Å². The van der Waals surface area contributed by atoms with Gasteiger partial charge in [-0.1, -0.05) is 62.9 Å². The fourth-order valence-electron chi connectivity index (χ4n) is 2.61. The normalized spacial score (nSPS) is 10.4. The summed E-state index contributed by atoms with van der Waals surface area (Å²) < 4.78 is 0. The van der Waals surface area contributed by atoms with Crippen molar-refractivity contribution >= 4 is 5.70 Å². The number of benzene rings is 2. The largest absolute Gasteiger partial charge is 0.381 e. The first kappa shape index (κ1) is 15.4. The van der Waals surface area contributed by atoms with Crippen LogP contribution in [-0.4, -0.2) is 0 Å². The lowest BCUT2D eigenvalue weighted by molar-refractivity contribution is 0.868.